The Kier molecular flexibility index (Phi) is 5.33. The summed E-state index contributed by atoms with van der Waals surface area (Å²) < 4.78 is 18.0. The van der Waals surface area contributed by atoms with Crippen molar-refractivity contribution in [3.63, 3.8) is 0 Å². The van der Waals surface area contributed by atoms with E-state index in [9.17, 15) is 0 Å². The lowest BCUT2D eigenvalue weighted by molar-refractivity contribution is 0.0262. The van der Waals surface area contributed by atoms with Crippen LogP contribution in [-0.4, -0.2) is 25.4 Å². The van der Waals surface area contributed by atoms with Crippen molar-refractivity contribution in [1.82, 2.24) is 0 Å². The molecule has 142 valence electrons. The Morgan fingerprint density at radius 2 is 1.78 bits per heavy atom. The van der Waals surface area contributed by atoms with Crippen LogP contribution in [0.3, 0.4) is 0 Å². The zero-order chi connectivity index (χ0) is 19.8. The van der Waals surface area contributed by atoms with Gasteiger partial charge < -0.3 is 14.0 Å². The largest absolute Gasteiger partial charge is 0.498 e. The SMILES string of the molecule is [CH2+]C1(C)OB(c2cc(CC(C)C)cc(-c3ccccc3OC)c2)OC1(C)C. The van der Waals surface area contributed by atoms with Crippen LogP contribution in [0.25, 0.3) is 11.1 Å². The van der Waals surface area contributed by atoms with Gasteiger partial charge in [0, 0.05) is 12.5 Å². The summed E-state index contributed by atoms with van der Waals surface area (Å²) in [6.07, 6.45) is 0.994. The molecule has 27 heavy (non-hydrogen) atoms. The van der Waals surface area contributed by atoms with E-state index in [4.69, 9.17) is 14.0 Å². The van der Waals surface area contributed by atoms with Crippen molar-refractivity contribution in [1.29, 1.82) is 0 Å². The molecule has 3 nitrogen and oxygen atoms in total. The van der Waals surface area contributed by atoms with Gasteiger partial charge >= 0.3 is 7.12 Å². The average molecular weight is 365 g/mol. The maximum Gasteiger partial charge on any atom is 0.498 e. The van der Waals surface area contributed by atoms with Gasteiger partial charge in [-0.25, -0.2) is 0 Å². The van der Waals surface area contributed by atoms with Crippen molar-refractivity contribution in [2.24, 2.45) is 5.92 Å². The lowest BCUT2D eigenvalue weighted by Gasteiger charge is -2.25. The van der Waals surface area contributed by atoms with E-state index >= 15 is 0 Å². The summed E-state index contributed by atoms with van der Waals surface area (Å²) in [5.74, 6) is 1.42. The third-order valence-electron chi connectivity index (χ3n) is 5.39. The van der Waals surface area contributed by atoms with Gasteiger partial charge in [-0.05, 0) is 48.8 Å². The van der Waals surface area contributed by atoms with E-state index in [1.807, 2.05) is 39.0 Å². The van der Waals surface area contributed by atoms with E-state index in [0.29, 0.717) is 5.92 Å². The summed E-state index contributed by atoms with van der Waals surface area (Å²) in [6, 6.07) is 14.7. The number of hydrogen-bond acceptors (Lipinski definition) is 3. The topological polar surface area (TPSA) is 27.7 Å². The molecular weight excluding hydrogens is 335 g/mol. The molecule has 0 spiro atoms. The highest BCUT2D eigenvalue weighted by atomic mass is 16.7. The Hall–Kier alpha value is -1.91. The van der Waals surface area contributed by atoms with Crippen LogP contribution in [0, 0.1) is 12.8 Å². The zero-order valence-corrected chi connectivity index (χ0v) is 17.3. The Balaban J connectivity index is 2.07. The Bertz CT molecular complexity index is 795. The molecule has 0 amide bonds. The van der Waals surface area contributed by atoms with E-state index < -0.39 is 18.3 Å². The number of methoxy groups -OCH3 is 1. The van der Waals surface area contributed by atoms with Crippen LogP contribution in [0.1, 0.15) is 40.2 Å². The predicted octanol–water partition coefficient (Wildman–Crippen LogP) is 4.67. The molecule has 1 unspecified atom stereocenters. The third kappa shape index (κ3) is 4.02. The Morgan fingerprint density at radius 3 is 2.37 bits per heavy atom. The van der Waals surface area contributed by atoms with E-state index in [1.54, 1.807) is 7.11 Å². The zero-order valence-electron chi connectivity index (χ0n) is 17.3. The second-order valence-corrected chi connectivity index (χ2v) is 8.57. The molecule has 1 aliphatic heterocycles. The molecule has 3 rings (SSSR count). The van der Waals surface area contributed by atoms with Gasteiger partial charge in [0.05, 0.1) is 14.0 Å². The van der Waals surface area contributed by atoms with Gasteiger partial charge in [0.15, 0.2) is 0 Å². The standard InChI is InChI=1S/C23H30BO3/c1-16(2)12-17-13-18(20-10-8-9-11-21(20)25-7)15-19(14-17)24-26-22(3,4)23(5,6)27-24/h8-11,13-16H,3,12H2,1-2,4-7H3/q+1. The van der Waals surface area contributed by atoms with E-state index in [0.717, 1.165) is 28.8 Å². The van der Waals surface area contributed by atoms with Crippen molar-refractivity contribution in [3.8, 4) is 16.9 Å². The fraction of sp³-hybridized carbons (Fsp3) is 0.435. The van der Waals surface area contributed by atoms with Crippen LogP contribution in [0.15, 0.2) is 42.5 Å². The molecule has 0 aliphatic carbocycles. The van der Waals surface area contributed by atoms with Crippen LogP contribution in [0.4, 0.5) is 0 Å². The molecular formula is C23H30BO3+. The van der Waals surface area contributed by atoms with Crippen molar-refractivity contribution in [2.75, 3.05) is 7.11 Å². The van der Waals surface area contributed by atoms with Crippen LogP contribution < -0.4 is 10.2 Å². The highest BCUT2D eigenvalue weighted by molar-refractivity contribution is 6.62. The molecule has 1 fully saturated rings. The summed E-state index contributed by atoms with van der Waals surface area (Å²) in [6.45, 7) is 14.7. The van der Waals surface area contributed by atoms with Gasteiger partial charge in [0.25, 0.3) is 0 Å². The highest BCUT2D eigenvalue weighted by Gasteiger charge is 2.57. The van der Waals surface area contributed by atoms with Crippen LogP contribution in [-0.2, 0) is 15.7 Å². The first kappa shape index (κ1) is 19.8. The number of hydrogen-bond donors (Lipinski definition) is 0. The van der Waals surface area contributed by atoms with Gasteiger partial charge in [-0.3, -0.25) is 0 Å². The minimum Gasteiger partial charge on any atom is -0.496 e. The van der Waals surface area contributed by atoms with E-state index in [1.165, 1.54) is 5.56 Å². The van der Waals surface area contributed by atoms with Crippen molar-refractivity contribution < 1.29 is 14.0 Å². The molecule has 0 saturated carbocycles. The summed E-state index contributed by atoms with van der Waals surface area (Å²) >= 11 is 0. The number of rotatable bonds is 5. The highest BCUT2D eigenvalue weighted by Crippen LogP contribution is 2.37. The Morgan fingerprint density at radius 1 is 1.07 bits per heavy atom. The molecule has 1 atom stereocenters. The van der Waals surface area contributed by atoms with Crippen LogP contribution in [0.5, 0.6) is 5.75 Å². The van der Waals surface area contributed by atoms with Crippen molar-refractivity contribution in [2.45, 2.75) is 52.2 Å². The molecule has 2 aromatic carbocycles. The number of benzene rings is 2. The van der Waals surface area contributed by atoms with Gasteiger partial charge in [0.1, 0.15) is 11.4 Å². The lowest BCUT2D eigenvalue weighted by Crippen LogP contribution is -2.42. The second-order valence-electron chi connectivity index (χ2n) is 8.57. The molecule has 0 N–H and O–H groups in total. The molecule has 1 aliphatic rings. The smallest absolute Gasteiger partial charge is 0.496 e. The average Bonchev–Trinajstić information content (AvgIpc) is 2.81. The second kappa shape index (κ2) is 7.25. The number of para-hydroxylation sites is 1. The molecule has 4 heteroatoms. The summed E-state index contributed by atoms with van der Waals surface area (Å²) in [5, 5.41) is 0. The maximum atomic E-state index is 6.24. The fourth-order valence-electron chi connectivity index (χ4n) is 3.41. The van der Waals surface area contributed by atoms with Gasteiger partial charge in [-0.15, -0.1) is 0 Å². The van der Waals surface area contributed by atoms with Crippen LogP contribution >= 0.6 is 0 Å². The van der Waals surface area contributed by atoms with Gasteiger partial charge in [0.2, 0.25) is 5.60 Å². The van der Waals surface area contributed by atoms with Gasteiger partial charge in [-0.2, -0.15) is 0 Å². The molecule has 0 radical (unpaired) electrons. The van der Waals surface area contributed by atoms with Crippen molar-refractivity contribution in [3.05, 3.63) is 55.0 Å². The van der Waals surface area contributed by atoms with Gasteiger partial charge in [-0.1, -0.05) is 50.2 Å². The molecule has 0 aromatic heterocycles. The molecule has 2 aromatic rings. The molecule has 0 bridgehead atoms. The predicted molar refractivity (Wildman–Crippen MR) is 112 cm³/mol. The summed E-state index contributed by atoms with van der Waals surface area (Å²) in [5.41, 5.74) is 3.41. The first-order valence-electron chi connectivity index (χ1n) is 9.61. The number of ether oxygens (including phenoxy) is 1. The monoisotopic (exact) mass is 365 g/mol. The third-order valence-corrected chi connectivity index (χ3v) is 5.39. The minimum absolute atomic E-state index is 0.428. The Labute approximate surface area is 164 Å². The van der Waals surface area contributed by atoms with E-state index in [-0.39, 0.29) is 0 Å². The minimum atomic E-state index is -0.601. The quantitative estimate of drug-likeness (QED) is 0.569. The first-order valence-corrected chi connectivity index (χ1v) is 9.61. The first-order chi connectivity index (χ1) is 12.6. The van der Waals surface area contributed by atoms with E-state index in [2.05, 4.69) is 45.0 Å². The maximum absolute atomic E-state index is 6.24. The molecule has 1 heterocycles. The fourth-order valence-corrected chi connectivity index (χ4v) is 3.41. The summed E-state index contributed by atoms with van der Waals surface area (Å²) in [4.78, 5) is 0. The normalized spacial score (nSPS) is 21.7. The van der Waals surface area contributed by atoms with Crippen molar-refractivity contribution >= 4 is 12.6 Å². The molecule has 1 saturated heterocycles. The lowest BCUT2D eigenvalue weighted by atomic mass is 9.76. The summed E-state index contributed by atoms with van der Waals surface area (Å²) in [7, 11) is 1.28. The van der Waals surface area contributed by atoms with Crippen LogP contribution in [0.2, 0.25) is 0 Å².